The summed E-state index contributed by atoms with van der Waals surface area (Å²) >= 11 is 12.8. The first-order chi connectivity index (χ1) is 17.5. The molecular weight excluding hydrogens is 493 g/mol. The number of benzene rings is 4. The van der Waals surface area contributed by atoms with Gasteiger partial charge in [0.1, 0.15) is 5.75 Å². The molecule has 5 nitrogen and oxygen atoms in total. The number of hydrogen-bond acceptors (Lipinski definition) is 4. The number of rotatable bonds is 4. The van der Waals surface area contributed by atoms with E-state index in [4.69, 9.17) is 33.0 Å². The lowest BCUT2D eigenvalue weighted by Crippen LogP contribution is -2.50. The molecule has 4 aromatic rings. The summed E-state index contributed by atoms with van der Waals surface area (Å²) < 4.78 is 5.37. The van der Waals surface area contributed by atoms with Crippen LogP contribution in [-0.2, 0) is 10.3 Å². The van der Waals surface area contributed by atoms with Crippen LogP contribution in [-0.4, -0.2) is 18.7 Å². The van der Waals surface area contributed by atoms with Gasteiger partial charge in [-0.25, -0.2) is 5.01 Å². The number of carbonyl (C=O) groups is 1. The maximum Gasteiger partial charge on any atom is 0.258 e. The Morgan fingerprint density at radius 2 is 1.64 bits per heavy atom. The molecule has 7 heteroatoms. The van der Waals surface area contributed by atoms with Crippen LogP contribution in [0.5, 0.6) is 5.75 Å². The van der Waals surface area contributed by atoms with Crippen LogP contribution in [0.2, 0.25) is 10.0 Å². The van der Waals surface area contributed by atoms with Crippen molar-refractivity contribution in [3.63, 3.8) is 0 Å². The topological polar surface area (TPSA) is 53.9 Å². The lowest BCUT2D eigenvalue weighted by atomic mass is 9.72. The van der Waals surface area contributed by atoms with E-state index in [1.807, 2.05) is 96.0 Å². The summed E-state index contributed by atoms with van der Waals surface area (Å²) in [5, 5.41) is 11.2. The zero-order valence-electron chi connectivity index (χ0n) is 19.3. The molecule has 1 amide bonds. The molecule has 0 saturated carbocycles. The monoisotopic (exact) mass is 513 g/mol. The summed E-state index contributed by atoms with van der Waals surface area (Å²) in [4.78, 5) is 14.2. The number of fused-ring (bicyclic) bond motifs is 2. The summed E-state index contributed by atoms with van der Waals surface area (Å²) in [6, 6.07) is 30.6. The fraction of sp³-hybridized carbons (Fsp3) is 0.103. The second-order valence-electron chi connectivity index (χ2n) is 8.76. The highest BCUT2D eigenvalue weighted by atomic mass is 35.5. The first-order valence-electron chi connectivity index (χ1n) is 11.5. The van der Waals surface area contributed by atoms with Crippen LogP contribution in [0.25, 0.3) is 0 Å². The van der Waals surface area contributed by atoms with Crippen molar-refractivity contribution in [2.45, 2.75) is 11.5 Å². The van der Waals surface area contributed by atoms with Crippen LogP contribution in [0.4, 0.5) is 11.4 Å². The van der Waals surface area contributed by atoms with Crippen molar-refractivity contribution in [3.05, 3.63) is 124 Å². The summed E-state index contributed by atoms with van der Waals surface area (Å²) in [7, 11) is 1.63. The molecule has 0 saturated heterocycles. The molecule has 178 valence electrons. The van der Waals surface area contributed by atoms with Gasteiger partial charge in [0.15, 0.2) is 5.54 Å². The Bertz CT molecular complexity index is 1500. The summed E-state index contributed by atoms with van der Waals surface area (Å²) in [5.41, 5.74) is 3.60. The van der Waals surface area contributed by atoms with Crippen LogP contribution < -0.4 is 15.1 Å². The maximum absolute atomic E-state index is 14.2. The summed E-state index contributed by atoms with van der Waals surface area (Å²) in [5.74, 6) is 0.0953. The van der Waals surface area contributed by atoms with E-state index in [0.29, 0.717) is 15.7 Å². The molecule has 2 atom stereocenters. The fourth-order valence-corrected chi connectivity index (χ4v) is 5.63. The fourth-order valence-electron chi connectivity index (χ4n) is 5.26. The van der Waals surface area contributed by atoms with Gasteiger partial charge in [0.2, 0.25) is 0 Å². The Hall–Kier alpha value is -3.80. The minimum absolute atomic E-state index is 0.180. The van der Waals surface area contributed by atoms with Crippen molar-refractivity contribution in [3.8, 4) is 5.75 Å². The Labute approximate surface area is 218 Å². The molecule has 6 rings (SSSR count). The Kier molecular flexibility index (Phi) is 5.47. The highest BCUT2D eigenvalue weighted by molar-refractivity contribution is 6.31. The average molecular weight is 514 g/mol. The van der Waals surface area contributed by atoms with Gasteiger partial charge in [-0.3, -0.25) is 4.79 Å². The molecule has 2 aliphatic rings. The normalized spacial score (nSPS) is 20.3. The number of hydrazone groups is 1. The lowest BCUT2D eigenvalue weighted by Gasteiger charge is -2.37. The van der Waals surface area contributed by atoms with E-state index in [1.165, 1.54) is 0 Å². The third-order valence-electron chi connectivity index (χ3n) is 6.79. The van der Waals surface area contributed by atoms with Gasteiger partial charge in [-0.2, -0.15) is 5.10 Å². The molecule has 0 bridgehead atoms. The number of ether oxygens (including phenoxy) is 1. The third kappa shape index (κ3) is 3.39. The van der Waals surface area contributed by atoms with Crippen molar-refractivity contribution in [2.75, 3.05) is 17.4 Å². The standard InChI is InChI=1S/C29H21Cl2N3O2/c1-36-23-13-10-18(11-14-23)27-26(19-6-5-7-20(30)16-19)29(34(33-27)22-8-3-2-4-9-22)24-15-12-21(31)17-25(24)32-28(29)35/h2-17,26H,1H3,(H,32,35)/t26-,29-/m0/s1. The van der Waals surface area contributed by atoms with E-state index in [-0.39, 0.29) is 5.91 Å². The maximum atomic E-state index is 14.2. The minimum atomic E-state index is -1.19. The number of nitrogens with one attached hydrogen (secondary N) is 1. The van der Waals surface area contributed by atoms with Crippen LogP contribution in [0, 0.1) is 0 Å². The van der Waals surface area contributed by atoms with Crippen LogP contribution >= 0.6 is 23.2 Å². The molecule has 0 fully saturated rings. The highest BCUT2D eigenvalue weighted by Gasteiger charge is 2.62. The summed E-state index contributed by atoms with van der Waals surface area (Å²) in [6.07, 6.45) is 0. The van der Waals surface area contributed by atoms with Crippen molar-refractivity contribution in [1.29, 1.82) is 0 Å². The largest absolute Gasteiger partial charge is 0.497 e. The molecule has 1 spiro atoms. The first-order valence-corrected chi connectivity index (χ1v) is 12.2. The van der Waals surface area contributed by atoms with Gasteiger partial charge in [0.05, 0.1) is 24.4 Å². The van der Waals surface area contributed by atoms with Crippen LogP contribution in [0.15, 0.2) is 102 Å². The second kappa shape index (κ2) is 8.70. The number of anilines is 2. The molecule has 2 aliphatic heterocycles. The Morgan fingerprint density at radius 3 is 2.36 bits per heavy atom. The predicted molar refractivity (Wildman–Crippen MR) is 144 cm³/mol. The van der Waals surface area contributed by atoms with E-state index in [1.54, 1.807) is 13.2 Å². The third-order valence-corrected chi connectivity index (χ3v) is 7.26. The van der Waals surface area contributed by atoms with Crippen molar-refractivity contribution >= 4 is 46.2 Å². The SMILES string of the molecule is COc1ccc(C2=NN(c3ccccc3)[C@]3(C(=O)Nc4cc(Cl)ccc43)[C@H]2c2cccc(Cl)c2)cc1. The zero-order chi connectivity index (χ0) is 24.9. The predicted octanol–water partition coefficient (Wildman–Crippen LogP) is 6.86. The average Bonchev–Trinajstić information content (AvgIpc) is 3.40. The van der Waals surface area contributed by atoms with Gasteiger partial charge >= 0.3 is 0 Å². The smallest absolute Gasteiger partial charge is 0.258 e. The van der Waals surface area contributed by atoms with Crippen molar-refractivity contribution in [2.24, 2.45) is 5.10 Å². The molecule has 0 aliphatic carbocycles. The van der Waals surface area contributed by atoms with Gasteiger partial charge in [-0.1, -0.05) is 59.6 Å². The number of nitrogens with zero attached hydrogens (tertiary/aromatic N) is 2. The van der Waals surface area contributed by atoms with Gasteiger partial charge in [0.25, 0.3) is 5.91 Å². The number of para-hydroxylation sites is 1. The minimum Gasteiger partial charge on any atom is -0.497 e. The molecule has 1 N–H and O–H groups in total. The van der Waals surface area contributed by atoms with E-state index in [9.17, 15) is 4.79 Å². The molecule has 36 heavy (non-hydrogen) atoms. The molecule has 2 heterocycles. The number of amides is 1. The van der Waals surface area contributed by atoms with Crippen molar-refractivity contribution in [1.82, 2.24) is 0 Å². The number of methoxy groups -OCH3 is 1. The van der Waals surface area contributed by atoms with Crippen LogP contribution in [0.3, 0.4) is 0 Å². The summed E-state index contributed by atoms with van der Waals surface area (Å²) in [6.45, 7) is 0. The van der Waals surface area contributed by atoms with E-state index >= 15 is 0 Å². The second-order valence-corrected chi connectivity index (χ2v) is 9.63. The lowest BCUT2D eigenvalue weighted by molar-refractivity contribution is -0.120. The van der Waals surface area contributed by atoms with E-state index in [0.717, 1.165) is 33.8 Å². The Balaban J connectivity index is 1.67. The van der Waals surface area contributed by atoms with E-state index in [2.05, 4.69) is 5.32 Å². The molecule has 0 unspecified atom stereocenters. The molecule has 0 radical (unpaired) electrons. The van der Waals surface area contributed by atoms with Gasteiger partial charge in [-0.15, -0.1) is 0 Å². The molecule has 0 aromatic heterocycles. The first kappa shape index (κ1) is 22.7. The number of hydrogen-bond donors (Lipinski definition) is 1. The number of halogens is 2. The quantitative estimate of drug-likeness (QED) is 0.324. The van der Waals surface area contributed by atoms with Gasteiger partial charge in [-0.05, 0) is 71.8 Å². The molecular formula is C29H21Cl2N3O2. The van der Waals surface area contributed by atoms with Gasteiger partial charge < -0.3 is 10.1 Å². The molecule has 4 aromatic carbocycles. The van der Waals surface area contributed by atoms with Crippen molar-refractivity contribution < 1.29 is 9.53 Å². The number of carbonyl (C=O) groups excluding carboxylic acids is 1. The zero-order valence-corrected chi connectivity index (χ0v) is 20.8. The Morgan fingerprint density at radius 1 is 0.889 bits per heavy atom. The van der Waals surface area contributed by atoms with Crippen LogP contribution in [0.1, 0.15) is 22.6 Å². The highest BCUT2D eigenvalue weighted by Crippen LogP contribution is 2.56. The van der Waals surface area contributed by atoms with E-state index < -0.39 is 11.5 Å². The van der Waals surface area contributed by atoms with Gasteiger partial charge in [0, 0.05) is 21.3 Å².